The lowest BCUT2D eigenvalue weighted by Crippen LogP contribution is -2.21. The molecule has 144 valence electrons. The molecule has 0 saturated heterocycles. The number of amides is 2. The molecule has 0 aliphatic heterocycles. The van der Waals surface area contributed by atoms with Crippen LogP contribution in [0.3, 0.4) is 0 Å². The van der Waals surface area contributed by atoms with Crippen LogP contribution in [-0.2, 0) is 0 Å². The predicted molar refractivity (Wildman–Crippen MR) is 107 cm³/mol. The summed E-state index contributed by atoms with van der Waals surface area (Å²) in [6.07, 6.45) is 0. The molecule has 6 nitrogen and oxygen atoms in total. The standard InChI is InChI=1S/C21H21FN4O2/c1-12-9-10-16(11-13(12)2)25-20(27)26-19-14(3)23-21(24-15(19)4)28-18-8-6-5-7-17(18)22/h5-11H,1-4H3,(H2,25,26,27). The van der Waals surface area contributed by atoms with Crippen LogP contribution in [0.5, 0.6) is 11.8 Å². The van der Waals surface area contributed by atoms with Gasteiger partial charge in [0.1, 0.15) is 0 Å². The van der Waals surface area contributed by atoms with E-state index in [0.717, 1.165) is 11.1 Å². The number of aromatic nitrogens is 2. The zero-order valence-corrected chi connectivity index (χ0v) is 16.1. The molecule has 2 aromatic carbocycles. The maximum atomic E-state index is 13.7. The van der Waals surface area contributed by atoms with Crippen molar-refractivity contribution in [1.29, 1.82) is 0 Å². The topological polar surface area (TPSA) is 76.1 Å². The van der Waals surface area contributed by atoms with Crippen LogP contribution in [0.1, 0.15) is 22.5 Å². The number of nitrogens with one attached hydrogen (secondary N) is 2. The summed E-state index contributed by atoms with van der Waals surface area (Å²) < 4.78 is 19.2. The van der Waals surface area contributed by atoms with Gasteiger partial charge in [-0.1, -0.05) is 18.2 Å². The maximum Gasteiger partial charge on any atom is 0.323 e. The Morgan fingerprint density at radius 2 is 1.61 bits per heavy atom. The van der Waals surface area contributed by atoms with Gasteiger partial charge in [-0.3, -0.25) is 0 Å². The highest BCUT2D eigenvalue weighted by Crippen LogP contribution is 2.25. The van der Waals surface area contributed by atoms with Crippen LogP contribution >= 0.6 is 0 Å². The van der Waals surface area contributed by atoms with Crippen LogP contribution in [-0.4, -0.2) is 16.0 Å². The summed E-state index contributed by atoms with van der Waals surface area (Å²) in [5.41, 5.74) is 4.42. The van der Waals surface area contributed by atoms with E-state index in [-0.39, 0.29) is 11.8 Å². The summed E-state index contributed by atoms with van der Waals surface area (Å²) in [5.74, 6) is -0.467. The molecule has 3 aromatic rings. The molecule has 0 atom stereocenters. The van der Waals surface area contributed by atoms with E-state index in [1.807, 2.05) is 32.0 Å². The molecule has 0 unspecified atom stereocenters. The Balaban J connectivity index is 1.74. The fraction of sp³-hybridized carbons (Fsp3) is 0.190. The third kappa shape index (κ3) is 4.43. The molecule has 28 heavy (non-hydrogen) atoms. The number of para-hydroxylation sites is 1. The summed E-state index contributed by atoms with van der Waals surface area (Å²) in [6, 6.07) is 11.3. The van der Waals surface area contributed by atoms with Crippen molar-refractivity contribution in [3.63, 3.8) is 0 Å². The van der Waals surface area contributed by atoms with Gasteiger partial charge >= 0.3 is 12.0 Å². The largest absolute Gasteiger partial charge is 0.421 e. The van der Waals surface area contributed by atoms with E-state index in [0.29, 0.717) is 22.8 Å². The first kappa shape index (κ1) is 19.3. The average Bonchev–Trinajstić information content (AvgIpc) is 2.63. The Bertz CT molecular complexity index is 1010. The first-order valence-electron chi connectivity index (χ1n) is 8.76. The van der Waals surface area contributed by atoms with Crippen LogP contribution in [0.4, 0.5) is 20.6 Å². The van der Waals surface area contributed by atoms with Gasteiger partial charge < -0.3 is 15.4 Å². The van der Waals surface area contributed by atoms with Crippen LogP contribution in [0.25, 0.3) is 0 Å². The smallest absolute Gasteiger partial charge is 0.323 e. The Kier molecular flexibility index (Phi) is 5.54. The van der Waals surface area contributed by atoms with Crippen molar-refractivity contribution in [2.75, 3.05) is 10.6 Å². The van der Waals surface area contributed by atoms with Crippen LogP contribution in [0.2, 0.25) is 0 Å². The first-order valence-corrected chi connectivity index (χ1v) is 8.76. The Hall–Kier alpha value is -3.48. The lowest BCUT2D eigenvalue weighted by atomic mass is 10.1. The number of hydrogen-bond donors (Lipinski definition) is 2. The molecule has 0 aliphatic carbocycles. The molecule has 7 heteroatoms. The molecule has 0 fully saturated rings. The Morgan fingerprint density at radius 3 is 2.25 bits per heavy atom. The quantitative estimate of drug-likeness (QED) is 0.645. The molecule has 1 heterocycles. The van der Waals surface area contributed by atoms with Gasteiger partial charge in [-0.25, -0.2) is 9.18 Å². The fourth-order valence-corrected chi connectivity index (χ4v) is 2.63. The summed E-state index contributed by atoms with van der Waals surface area (Å²) in [5, 5.41) is 5.55. The van der Waals surface area contributed by atoms with Gasteiger partial charge in [0.25, 0.3) is 0 Å². The molecule has 0 radical (unpaired) electrons. The van der Waals surface area contributed by atoms with E-state index in [4.69, 9.17) is 4.74 Å². The lowest BCUT2D eigenvalue weighted by Gasteiger charge is -2.14. The highest BCUT2D eigenvalue weighted by atomic mass is 19.1. The predicted octanol–water partition coefficient (Wildman–Crippen LogP) is 5.29. The number of carbonyl (C=O) groups excluding carboxylic acids is 1. The van der Waals surface area contributed by atoms with Gasteiger partial charge in [0, 0.05) is 5.69 Å². The summed E-state index contributed by atoms with van der Waals surface area (Å²) in [6.45, 7) is 7.42. The Morgan fingerprint density at radius 1 is 0.929 bits per heavy atom. The van der Waals surface area contributed by atoms with Gasteiger partial charge in [-0.15, -0.1) is 0 Å². The number of benzene rings is 2. The second-order valence-corrected chi connectivity index (χ2v) is 6.46. The molecule has 0 saturated carbocycles. The van der Waals surface area contributed by atoms with Crippen LogP contribution in [0.15, 0.2) is 42.5 Å². The highest BCUT2D eigenvalue weighted by Gasteiger charge is 2.14. The number of anilines is 2. The lowest BCUT2D eigenvalue weighted by molar-refractivity contribution is 0.262. The average molecular weight is 380 g/mol. The van der Waals surface area contributed by atoms with E-state index in [9.17, 15) is 9.18 Å². The minimum absolute atomic E-state index is 0.0141. The van der Waals surface area contributed by atoms with Crippen molar-refractivity contribution in [2.45, 2.75) is 27.7 Å². The van der Waals surface area contributed by atoms with Gasteiger partial charge in [-0.05, 0) is 63.1 Å². The number of hydrogen-bond acceptors (Lipinski definition) is 4. The van der Waals surface area contributed by atoms with Crippen molar-refractivity contribution in [2.24, 2.45) is 0 Å². The van der Waals surface area contributed by atoms with Crippen LogP contribution in [0, 0.1) is 33.5 Å². The fourth-order valence-electron chi connectivity index (χ4n) is 2.63. The second kappa shape index (κ2) is 8.04. The molecular weight excluding hydrogens is 359 g/mol. The van der Waals surface area contributed by atoms with E-state index < -0.39 is 11.8 Å². The number of ether oxygens (including phenoxy) is 1. The van der Waals surface area contributed by atoms with Crippen LogP contribution < -0.4 is 15.4 Å². The molecule has 2 N–H and O–H groups in total. The van der Waals surface area contributed by atoms with Gasteiger partial charge in [0.15, 0.2) is 11.6 Å². The number of urea groups is 1. The molecule has 0 spiro atoms. The zero-order chi connectivity index (χ0) is 20.3. The molecule has 1 aromatic heterocycles. The number of nitrogens with zero attached hydrogens (tertiary/aromatic N) is 2. The first-order chi connectivity index (χ1) is 13.3. The molecule has 2 amide bonds. The third-order valence-electron chi connectivity index (χ3n) is 4.29. The second-order valence-electron chi connectivity index (χ2n) is 6.46. The summed E-state index contributed by atoms with van der Waals surface area (Å²) >= 11 is 0. The number of rotatable bonds is 4. The van der Waals surface area contributed by atoms with Gasteiger partial charge in [0.2, 0.25) is 0 Å². The van der Waals surface area contributed by atoms with Crippen molar-refractivity contribution in [1.82, 2.24) is 9.97 Å². The van der Waals surface area contributed by atoms with Crippen molar-refractivity contribution in [3.05, 3.63) is 70.8 Å². The number of halogens is 1. The summed E-state index contributed by atoms with van der Waals surface area (Å²) in [4.78, 5) is 20.8. The molecule has 3 rings (SSSR count). The van der Waals surface area contributed by atoms with Gasteiger partial charge in [-0.2, -0.15) is 9.97 Å². The molecular formula is C21H21FN4O2. The van der Waals surface area contributed by atoms with Crippen molar-refractivity contribution in [3.8, 4) is 11.8 Å². The minimum Gasteiger partial charge on any atom is -0.421 e. The summed E-state index contributed by atoms with van der Waals surface area (Å²) in [7, 11) is 0. The van der Waals surface area contributed by atoms with Crippen molar-refractivity contribution >= 4 is 17.4 Å². The van der Waals surface area contributed by atoms with Gasteiger partial charge in [0.05, 0.1) is 17.1 Å². The maximum absolute atomic E-state index is 13.7. The molecule has 0 bridgehead atoms. The monoisotopic (exact) mass is 380 g/mol. The van der Waals surface area contributed by atoms with E-state index in [2.05, 4.69) is 20.6 Å². The SMILES string of the molecule is Cc1ccc(NC(=O)Nc2c(C)nc(Oc3ccccc3F)nc2C)cc1C. The van der Waals surface area contributed by atoms with Crippen molar-refractivity contribution < 1.29 is 13.9 Å². The normalized spacial score (nSPS) is 10.5. The minimum atomic E-state index is -0.503. The van der Waals surface area contributed by atoms with E-state index in [1.54, 1.807) is 26.0 Å². The number of carbonyl (C=O) groups is 1. The zero-order valence-electron chi connectivity index (χ0n) is 16.1. The van der Waals surface area contributed by atoms with E-state index in [1.165, 1.54) is 12.1 Å². The Labute approximate surface area is 162 Å². The highest BCUT2D eigenvalue weighted by molar-refractivity contribution is 6.00. The van der Waals surface area contributed by atoms with E-state index >= 15 is 0 Å². The molecule has 0 aliphatic rings. The number of aryl methyl sites for hydroxylation is 4. The third-order valence-corrected chi connectivity index (χ3v) is 4.29.